The van der Waals surface area contributed by atoms with Crippen molar-refractivity contribution in [3.8, 4) is 17.0 Å². The number of rotatable bonds is 6. The number of pyridine rings is 1. The maximum atomic E-state index is 13.0. The molecular weight excluding hydrogens is 390 g/mol. The van der Waals surface area contributed by atoms with Gasteiger partial charge in [0.05, 0.1) is 23.9 Å². The van der Waals surface area contributed by atoms with Crippen molar-refractivity contribution in [1.29, 1.82) is 0 Å². The van der Waals surface area contributed by atoms with E-state index in [1.165, 1.54) is 0 Å². The zero-order valence-electron chi connectivity index (χ0n) is 17.5. The second-order valence-electron chi connectivity index (χ2n) is 7.72. The molecule has 2 aromatic carbocycles. The highest BCUT2D eigenvalue weighted by Gasteiger charge is 2.21. The molecule has 0 bridgehead atoms. The van der Waals surface area contributed by atoms with Crippen molar-refractivity contribution in [2.75, 3.05) is 19.8 Å². The molecule has 3 heterocycles. The van der Waals surface area contributed by atoms with Crippen LogP contribution in [0.3, 0.4) is 0 Å². The number of para-hydroxylation sites is 2. The van der Waals surface area contributed by atoms with E-state index in [2.05, 4.69) is 16.4 Å². The highest BCUT2D eigenvalue weighted by molar-refractivity contribution is 6.13. The van der Waals surface area contributed by atoms with Crippen LogP contribution < -0.4 is 10.1 Å². The normalized spacial score (nSPS) is 16.1. The molecule has 6 nitrogen and oxygen atoms in total. The van der Waals surface area contributed by atoms with Crippen molar-refractivity contribution in [1.82, 2.24) is 15.3 Å². The third-order valence-electron chi connectivity index (χ3n) is 5.69. The third-order valence-corrected chi connectivity index (χ3v) is 5.69. The van der Waals surface area contributed by atoms with Gasteiger partial charge < -0.3 is 19.8 Å². The number of ether oxygens (including phenoxy) is 2. The Morgan fingerprint density at radius 3 is 2.87 bits per heavy atom. The lowest BCUT2D eigenvalue weighted by molar-refractivity contribution is 0.0854. The fourth-order valence-electron chi connectivity index (χ4n) is 4.20. The molecule has 1 atom stereocenters. The second-order valence-corrected chi connectivity index (χ2v) is 7.72. The molecule has 2 aromatic heterocycles. The van der Waals surface area contributed by atoms with E-state index in [0.717, 1.165) is 52.6 Å². The Balaban J connectivity index is 1.63. The zero-order valence-corrected chi connectivity index (χ0v) is 17.5. The van der Waals surface area contributed by atoms with Gasteiger partial charge in [-0.15, -0.1) is 0 Å². The van der Waals surface area contributed by atoms with Gasteiger partial charge in [0.1, 0.15) is 11.4 Å². The summed E-state index contributed by atoms with van der Waals surface area (Å²) >= 11 is 0. The van der Waals surface area contributed by atoms with E-state index >= 15 is 0 Å². The molecule has 0 saturated carbocycles. The Morgan fingerprint density at radius 1 is 1.19 bits per heavy atom. The molecule has 0 unspecified atom stereocenters. The summed E-state index contributed by atoms with van der Waals surface area (Å²) in [7, 11) is 0. The first-order valence-corrected chi connectivity index (χ1v) is 10.8. The van der Waals surface area contributed by atoms with Crippen LogP contribution >= 0.6 is 0 Å². The molecule has 6 heteroatoms. The molecule has 158 valence electrons. The van der Waals surface area contributed by atoms with Crippen LogP contribution in [0.1, 0.15) is 30.3 Å². The minimum Gasteiger partial charge on any atom is -0.493 e. The number of fused-ring (bicyclic) bond motifs is 3. The molecule has 5 rings (SSSR count). The van der Waals surface area contributed by atoms with Crippen molar-refractivity contribution in [2.45, 2.75) is 25.9 Å². The Kier molecular flexibility index (Phi) is 5.30. The van der Waals surface area contributed by atoms with Crippen molar-refractivity contribution in [3.05, 3.63) is 60.3 Å². The fourth-order valence-corrected chi connectivity index (χ4v) is 4.20. The predicted molar refractivity (Wildman–Crippen MR) is 122 cm³/mol. The van der Waals surface area contributed by atoms with Crippen molar-refractivity contribution in [2.24, 2.45) is 0 Å². The molecular formula is C25H25N3O3. The minimum atomic E-state index is -0.196. The molecule has 0 radical (unpaired) electrons. The summed E-state index contributed by atoms with van der Waals surface area (Å²) in [5.74, 6) is 0.548. The van der Waals surface area contributed by atoms with Gasteiger partial charge in [0.2, 0.25) is 0 Å². The number of aromatic amines is 1. The first kappa shape index (κ1) is 19.6. The fraction of sp³-hybridized carbons (Fsp3) is 0.280. The molecule has 1 amide bonds. The van der Waals surface area contributed by atoms with Crippen LogP contribution in [0.5, 0.6) is 5.75 Å². The van der Waals surface area contributed by atoms with Gasteiger partial charge in [-0.2, -0.15) is 0 Å². The summed E-state index contributed by atoms with van der Waals surface area (Å²) in [4.78, 5) is 21.3. The van der Waals surface area contributed by atoms with Crippen molar-refractivity contribution >= 4 is 27.7 Å². The molecule has 1 fully saturated rings. The van der Waals surface area contributed by atoms with Gasteiger partial charge in [-0.05, 0) is 44.0 Å². The lowest BCUT2D eigenvalue weighted by atomic mass is 10.1. The highest BCUT2D eigenvalue weighted by Crippen LogP contribution is 2.36. The van der Waals surface area contributed by atoms with Gasteiger partial charge in [0.25, 0.3) is 5.91 Å². The van der Waals surface area contributed by atoms with Gasteiger partial charge >= 0.3 is 0 Å². The van der Waals surface area contributed by atoms with Crippen LogP contribution in [0.15, 0.2) is 54.6 Å². The monoisotopic (exact) mass is 415 g/mol. The van der Waals surface area contributed by atoms with Crippen LogP contribution in [0, 0.1) is 0 Å². The van der Waals surface area contributed by atoms with E-state index in [9.17, 15) is 4.79 Å². The molecule has 0 aliphatic carbocycles. The smallest absolute Gasteiger partial charge is 0.270 e. The maximum absolute atomic E-state index is 13.0. The molecule has 4 aromatic rings. The van der Waals surface area contributed by atoms with Gasteiger partial charge in [-0.25, -0.2) is 4.98 Å². The first-order valence-electron chi connectivity index (χ1n) is 10.8. The number of benzene rings is 2. The molecule has 1 aliphatic heterocycles. The average Bonchev–Trinajstić information content (AvgIpc) is 3.45. The predicted octanol–water partition coefficient (Wildman–Crippen LogP) is 4.69. The SMILES string of the molecule is CCOc1ccccc1-c1nc(C(=O)NC[C@@H]2CCCO2)cc2c1[nH]c1ccccc12. The van der Waals surface area contributed by atoms with Crippen molar-refractivity contribution < 1.29 is 14.3 Å². The highest BCUT2D eigenvalue weighted by atomic mass is 16.5. The zero-order chi connectivity index (χ0) is 21.2. The lowest BCUT2D eigenvalue weighted by Crippen LogP contribution is -2.32. The Labute approximate surface area is 180 Å². The third kappa shape index (κ3) is 3.75. The molecule has 2 N–H and O–H groups in total. The van der Waals surface area contributed by atoms with E-state index in [0.29, 0.717) is 24.5 Å². The van der Waals surface area contributed by atoms with Gasteiger partial charge in [-0.1, -0.05) is 30.3 Å². The number of hydrogen-bond acceptors (Lipinski definition) is 4. The van der Waals surface area contributed by atoms with E-state index in [4.69, 9.17) is 14.5 Å². The summed E-state index contributed by atoms with van der Waals surface area (Å²) in [6.07, 6.45) is 2.10. The molecule has 0 spiro atoms. The van der Waals surface area contributed by atoms with Gasteiger partial charge in [-0.3, -0.25) is 4.79 Å². The number of nitrogens with zero attached hydrogens (tertiary/aromatic N) is 1. The Hall–Kier alpha value is -3.38. The summed E-state index contributed by atoms with van der Waals surface area (Å²) < 4.78 is 11.5. The summed E-state index contributed by atoms with van der Waals surface area (Å²) in [6, 6.07) is 17.8. The van der Waals surface area contributed by atoms with E-state index < -0.39 is 0 Å². The number of hydrogen-bond donors (Lipinski definition) is 2. The van der Waals surface area contributed by atoms with Crippen LogP contribution in [-0.4, -0.2) is 41.7 Å². The van der Waals surface area contributed by atoms with Crippen LogP contribution in [0.2, 0.25) is 0 Å². The van der Waals surface area contributed by atoms with Gasteiger partial charge in [0, 0.05) is 35.0 Å². The molecule has 31 heavy (non-hydrogen) atoms. The number of carbonyl (C=O) groups excluding carboxylic acids is 1. The second kappa shape index (κ2) is 8.40. The van der Waals surface area contributed by atoms with Crippen LogP contribution in [-0.2, 0) is 4.74 Å². The minimum absolute atomic E-state index is 0.0823. The standard InChI is InChI=1S/C25H25N3O3/c1-2-30-22-12-6-4-10-18(22)23-24-19(17-9-3-5-11-20(17)27-24)14-21(28-23)25(29)26-15-16-8-7-13-31-16/h3-6,9-12,14,16,27H,2,7-8,13,15H2,1H3,(H,26,29)/t16-/m0/s1. The van der Waals surface area contributed by atoms with E-state index in [1.54, 1.807) is 0 Å². The molecule has 1 saturated heterocycles. The topological polar surface area (TPSA) is 76.2 Å². The summed E-state index contributed by atoms with van der Waals surface area (Å²) in [6.45, 7) is 3.77. The van der Waals surface area contributed by atoms with E-state index in [-0.39, 0.29) is 12.0 Å². The number of aromatic nitrogens is 2. The van der Waals surface area contributed by atoms with Crippen LogP contribution in [0.25, 0.3) is 33.1 Å². The average molecular weight is 415 g/mol. The largest absolute Gasteiger partial charge is 0.493 e. The van der Waals surface area contributed by atoms with Crippen molar-refractivity contribution in [3.63, 3.8) is 0 Å². The van der Waals surface area contributed by atoms with Gasteiger partial charge in [0.15, 0.2) is 0 Å². The Bertz CT molecular complexity index is 1240. The Morgan fingerprint density at radius 2 is 2.03 bits per heavy atom. The molecule has 1 aliphatic rings. The first-order chi connectivity index (χ1) is 15.2. The van der Waals surface area contributed by atoms with Crippen LogP contribution in [0.4, 0.5) is 0 Å². The number of nitrogens with one attached hydrogen (secondary N) is 2. The maximum Gasteiger partial charge on any atom is 0.270 e. The van der Waals surface area contributed by atoms with E-state index in [1.807, 2.05) is 55.5 Å². The summed E-state index contributed by atoms with van der Waals surface area (Å²) in [5, 5.41) is 5.02. The number of amides is 1. The lowest BCUT2D eigenvalue weighted by Gasteiger charge is -2.13. The number of carbonyl (C=O) groups is 1. The number of H-pyrrole nitrogens is 1. The summed E-state index contributed by atoms with van der Waals surface area (Å²) in [5.41, 5.74) is 3.85. The quantitative estimate of drug-likeness (QED) is 0.479.